The maximum absolute atomic E-state index is 13.2. The molecule has 56 heavy (non-hydrogen) atoms. The van der Waals surface area contributed by atoms with Crippen LogP contribution >= 0.6 is 0 Å². The highest BCUT2D eigenvalue weighted by atomic mass is 16.7. The standard InChI is InChI=1S/C42H60N4O10/c1-8-36-31(24-48)20-25(2)11-13-32(45-53-19-9-10-29-12-14-33-34(22-29)44-17-16-43-33)26(3)21-30(15-18-47)41(27(4)35(49)23-37(50)55-36)56-42-40(52)38(46(6)7)39(51)28(5)54-42/h9-14,16-18,20,22,26-28,30-31,35-36,38-42,48-49,51-52H,8,15,19,21,23-24H2,1-7H3/b10-9-,13-11+,25-20+,45-32+/t26-,27+,28-,30+,31?,35-,36-,38+,39-,40-,41-,42+/m1/s1. The summed E-state index contributed by atoms with van der Waals surface area (Å²) in [5, 5.41) is 48.6. The first-order chi connectivity index (χ1) is 26.8. The zero-order valence-corrected chi connectivity index (χ0v) is 33.5. The number of nitrogens with zero attached hydrogens (tertiary/aromatic N) is 4. The molecule has 14 heteroatoms. The number of fused-ring (bicyclic) bond motifs is 1. The van der Waals surface area contributed by atoms with Gasteiger partial charge in [-0.05, 0) is 76.6 Å². The van der Waals surface area contributed by atoms with E-state index in [9.17, 15) is 30.0 Å². The Kier molecular flexibility index (Phi) is 17.3. The van der Waals surface area contributed by atoms with Crippen molar-refractivity contribution in [3.05, 3.63) is 66.0 Å². The molecule has 14 nitrogen and oxygen atoms in total. The fourth-order valence-electron chi connectivity index (χ4n) is 7.48. The zero-order valence-electron chi connectivity index (χ0n) is 33.5. The summed E-state index contributed by atoms with van der Waals surface area (Å²) in [4.78, 5) is 41.7. The maximum Gasteiger partial charge on any atom is 0.308 e. The van der Waals surface area contributed by atoms with E-state index in [1.165, 1.54) is 0 Å². The number of likely N-dealkylation sites (N-methyl/N-ethyl adjacent to an activating group) is 1. The summed E-state index contributed by atoms with van der Waals surface area (Å²) in [5.41, 5.74) is 3.86. The number of cyclic esters (lactones) is 1. The molecule has 12 atom stereocenters. The number of allylic oxidation sites excluding steroid dienone is 3. The molecular formula is C42H60N4O10. The lowest BCUT2D eigenvalue weighted by Gasteiger charge is -2.46. The van der Waals surface area contributed by atoms with Crippen LogP contribution in [0.4, 0.5) is 0 Å². The first-order valence-electron chi connectivity index (χ1n) is 19.5. The number of hydrogen-bond acceptors (Lipinski definition) is 14. The smallest absolute Gasteiger partial charge is 0.308 e. The summed E-state index contributed by atoms with van der Waals surface area (Å²) in [7, 11) is 3.47. The quantitative estimate of drug-likeness (QED) is 0.111. The Morgan fingerprint density at radius 3 is 2.46 bits per heavy atom. The Morgan fingerprint density at radius 1 is 1.05 bits per heavy atom. The van der Waals surface area contributed by atoms with E-state index in [0.29, 0.717) is 18.6 Å². The summed E-state index contributed by atoms with van der Waals surface area (Å²) in [6, 6.07) is 5.05. The molecule has 308 valence electrons. The van der Waals surface area contributed by atoms with Crippen molar-refractivity contribution in [1.82, 2.24) is 14.9 Å². The van der Waals surface area contributed by atoms with E-state index in [1.54, 1.807) is 45.2 Å². The van der Waals surface area contributed by atoms with Crippen molar-refractivity contribution in [2.45, 2.75) is 109 Å². The van der Waals surface area contributed by atoms with Gasteiger partial charge in [0.25, 0.3) is 0 Å². The predicted molar refractivity (Wildman–Crippen MR) is 212 cm³/mol. The molecule has 0 saturated carbocycles. The Labute approximate surface area is 329 Å². The van der Waals surface area contributed by atoms with E-state index >= 15 is 0 Å². The second-order valence-corrected chi connectivity index (χ2v) is 15.2. The first kappa shape index (κ1) is 44.8. The lowest BCUT2D eigenvalue weighted by atomic mass is 9.79. The monoisotopic (exact) mass is 780 g/mol. The normalized spacial score (nSPS) is 35.0. The van der Waals surface area contributed by atoms with Gasteiger partial charge in [0.15, 0.2) is 6.29 Å². The van der Waals surface area contributed by atoms with Gasteiger partial charge in [-0.2, -0.15) is 0 Å². The number of carbonyl (C=O) groups is 2. The third kappa shape index (κ3) is 12.1. The van der Waals surface area contributed by atoms with Crippen LogP contribution in [0.1, 0.15) is 65.9 Å². The van der Waals surface area contributed by atoms with Gasteiger partial charge in [0.1, 0.15) is 25.1 Å². The topological polar surface area (TPSA) is 193 Å². The molecule has 0 bridgehead atoms. The van der Waals surface area contributed by atoms with Crippen LogP contribution in [-0.2, 0) is 28.6 Å². The van der Waals surface area contributed by atoms with Crippen molar-refractivity contribution in [3.63, 3.8) is 0 Å². The fourth-order valence-corrected chi connectivity index (χ4v) is 7.48. The molecule has 2 aromatic rings. The second-order valence-electron chi connectivity index (χ2n) is 15.2. The molecule has 3 heterocycles. The van der Waals surface area contributed by atoms with E-state index in [1.807, 2.05) is 69.4 Å². The second kappa shape index (κ2) is 21.6. The summed E-state index contributed by atoms with van der Waals surface area (Å²) in [6.07, 6.45) is 6.73. The molecule has 4 rings (SSSR count). The highest BCUT2D eigenvalue weighted by molar-refractivity contribution is 5.96. The third-order valence-electron chi connectivity index (χ3n) is 10.7. The van der Waals surface area contributed by atoms with Crippen molar-refractivity contribution in [1.29, 1.82) is 0 Å². The van der Waals surface area contributed by atoms with E-state index in [-0.39, 0.29) is 32.0 Å². The van der Waals surface area contributed by atoms with Gasteiger partial charge in [-0.1, -0.05) is 55.8 Å². The minimum atomic E-state index is -1.28. The molecule has 1 aromatic heterocycles. The number of esters is 1. The van der Waals surface area contributed by atoms with Gasteiger partial charge >= 0.3 is 5.97 Å². The average molecular weight is 781 g/mol. The minimum absolute atomic E-state index is 0.0281. The van der Waals surface area contributed by atoms with Crippen molar-refractivity contribution < 1.29 is 49.1 Å². The summed E-state index contributed by atoms with van der Waals surface area (Å²) >= 11 is 0. The van der Waals surface area contributed by atoms with Crippen LogP contribution in [0.25, 0.3) is 17.1 Å². The van der Waals surface area contributed by atoms with Crippen molar-refractivity contribution in [2.75, 3.05) is 27.3 Å². The molecule has 2 aliphatic heterocycles. The number of oxime groups is 1. The van der Waals surface area contributed by atoms with E-state index in [2.05, 4.69) is 15.1 Å². The molecule has 2 aliphatic rings. The van der Waals surface area contributed by atoms with Crippen molar-refractivity contribution >= 4 is 35.1 Å². The Morgan fingerprint density at radius 2 is 1.79 bits per heavy atom. The first-order valence-corrected chi connectivity index (χ1v) is 19.5. The number of aliphatic hydroxyl groups is 4. The maximum atomic E-state index is 13.2. The summed E-state index contributed by atoms with van der Waals surface area (Å²) < 4.78 is 18.4. The fraction of sp³-hybridized carbons (Fsp3) is 0.595. The lowest BCUT2D eigenvalue weighted by Crippen LogP contribution is -2.63. The number of aliphatic hydroxyl groups excluding tert-OH is 4. The molecule has 1 unspecified atom stereocenters. The summed E-state index contributed by atoms with van der Waals surface area (Å²) in [6.45, 7) is 8.97. The zero-order chi connectivity index (χ0) is 40.9. The van der Waals surface area contributed by atoms with Gasteiger partial charge < -0.3 is 49.2 Å². The number of hydrogen-bond donors (Lipinski definition) is 4. The molecule has 0 spiro atoms. The van der Waals surface area contributed by atoms with Crippen LogP contribution in [0.3, 0.4) is 0 Å². The molecule has 0 amide bonds. The number of aldehydes is 1. The number of benzene rings is 1. The SMILES string of the molecule is CC[C@H]1OC(=O)C[C@@H](O)[C@H](C)[C@@H](O[C@@H]2O[C@H](C)[C@@H](O)[C@H](N(C)C)[C@H]2O)[C@@H](CC=O)C[C@@H](C)C(=N/OC/C=C\c2ccc3nccnc3c2)/C=C/C(C)=C/C1CO. The van der Waals surface area contributed by atoms with Gasteiger partial charge in [0, 0.05) is 36.6 Å². The molecule has 0 aliphatic carbocycles. The van der Waals surface area contributed by atoms with Crippen molar-refractivity contribution in [2.24, 2.45) is 28.8 Å². The summed E-state index contributed by atoms with van der Waals surface area (Å²) in [5.74, 6) is -2.75. The van der Waals surface area contributed by atoms with Crippen LogP contribution in [0.15, 0.2) is 65.6 Å². The Hall–Kier alpha value is -3.89. The molecular weight excluding hydrogens is 720 g/mol. The molecule has 1 saturated heterocycles. The minimum Gasteiger partial charge on any atom is -0.462 e. The third-order valence-corrected chi connectivity index (χ3v) is 10.7. The molecule has 4 N–H and O–H groups in total. The van der Waals surface area contributed by atoms with Crippen LogP contribution in [0.2, 0.25) is 0 Å². The average Bonchev–Trinajstić information content (AvgIpc) is 3.17. The van der Waals surface area contributed by atoms with Gasteiger partial charge in [-0.3, -0.25) is 14.8 Å². The lowest BCUT2D eigenvalue weighted by molar-refractivity contribution is -0.304. The molecule has 1 aromatic carbocycles. The van der Waals surface area contributed by atoms with E-state index in [4.69, 9.17) is 19.0 Å². The van der Waals surface area contributed by atoms with Crippen molar-refractivity contribution in [3.8, 4) is 0 Å². The van der Waals surface area contributed by atoms with Crippen LogP contribution in [-0.4, -0.2) is 130 Å². The van der Waals surface area contributed by atoms with E-state index in [0.717, 1.165) is 28.5 Å². The highest BCUT2D eigenvalue weighted by Gasteiger charge is 2.47. The number of ether oxygens (including phenoxy) is 3. The van der Waals surface area contributed by atoms with Crippen LogP contribution in [0, 0.1) is 23.7 Å². The van der Waals surface area contributed by atoms with Crippen LogP contribution < -0.4 is 0 Å². The van der Waals surface area contributed by atoms with Gasteiger partial charge in [-0.15, -0.1) is 0 Å². The van der Waals surface area contributed by atoms with E-state index < -0.39 is 72.7 Å². The predicted octanol–water partition coefficient (Wildman–Crippen LogP) is 3.86. The Balaban J connectivity index is 1.69. The van der Waals surface area contributed by atoms with Crippen LogP contribution in [0.5, 0.6) is 0 Å². The molecule has 0 radical (unpaired) electrons. The van der Waals surface area contributed by atoms with Gasteiger partial charge in [0.05, 0.1) is 60.2 Å². The number of aromatic nitrogens is 2. The Bertz CT molecular complexity index is 1700. The molecule has 1 fully saturated rings. The van der Waals surface area contributed by atoms with Gasteiger partial charge in [-0.25, -0.2) is 0 Å². The number of rotatable bonds is 11. The number of carbonyl (C=O) groups excluding carboxylic acids is 2. The van der Waals surface area contributed by atoms with Gasteiger partial charge in [0.2, 0.25) is 0 Å². The largest absolute Gasteiger partial charge is 0.462 e. The highest BCUT2D eigenvalue weighted by Crippen LogP contribution is 2.34.